The Morgan fingerprint density at radius 2 is 1.64 bits per heavy atom. The minimum atomic E-state index is -3.89. The molecule has 0 radical (unpaired) electrons. The van der Waals surface area contributed by atoms with Crippen LogP contribution in [0.1, 0.15) is 17.3 Å². The van der Waals surface area contributed by atoms with Gasteiger partial charge >= 0.3 is 0 Å². The number of anilines is 3. The molecule has 3 aromatic rings. The number of sulfonamides is 1. The number of hydrogen-bond acceptors (Lipinski definition) is 6. The second-order valence-electron chi connectivity index (χ2n) is 8.82. The van der Waals surface area contributed by atoms with Gasteiger partial charge in [0.25, 0.3) is 15.9 Å². The Balaban J connectivity index is 0.000000771. The van der Waals surface area contributed by atoms with Crippen LogP contribution in [0.15, 0.2) is 77.7 Å². The van der Waals surface area contributed by atoms with Crippen LogP contribution in [0, 0.1) is 0 Å². The number of nitrogens with zero attached hydrogens (tertiary/aromatic N) is 3. The highest BCUT2D eigenvalue weighted by Crippen LogP contribution is 2.27. The smallest absolute Gasteiger partial charge is 0.264 e. The number of hydrogen-bond donors (Lipinski definition) is 1. The molecule has 9 nitrogen and oxygen atoms in total. The fraction of sp³-hybridized carbons (Fsp3) is 0.286. The number of nitrogens with one attached hydrogen (secondary N) is 1. The van der Waals surface area contributed by atoms with Gasteiger partial charge in [-0.3, -0.25) is 13.9 Å². The van der Waals surface area contributed by atoms with E-state index in [4.69, 9.17) is 16.3 Å². The number of para-hydroxylation sites is 1. The number of amides is 2. The molecule has 0 aliphatic carbocycles. The minimum absolute atomic E-state index is 0.00424. The molecule has 1 aliphatic heterocycles. The molecule has 0 aromatic heterocycles. The van der Waals surface area contributed by atoms with E-state index in [1.165, 1.54) is 27.4 Å². The molecule has 1 saturated heterocycles. The highest BCUT2D eigenvalue weighted by atomic mass is 35.5. The Bertz CT molecular complexity index is 1350. The Labute approximate surface area is 235 Å². The summed E-state index contributed by atoms with van der Waals surface area (Å²) in [4.78, 5) is 26.1. The zero-order chi connectivity index (χ0) is 28.4. The monoisotopic (exact) mass is 572 g/mol. The van der Waals surface area contributed by atoms with E-state index in [0.29, 0.717) is 24.6 Å². The molecule has 0 unspecified atom stereocenters. The fourth-order valence-electron chi connectivity index (χ4n) is 3.83. The SMILES string of the molecule is CCN(c1ccccc1)S(=O)(=O)c1ccc(Cl)c(C(=O)Nc2ccc(N3CCOCC3)cc2)c1.CN(C)C=O. The van der Waals surface area contributed by atoms with E-state index in [2.05, 4.69) is 10.2 Å². The summed E-state index contributed by atoms with van der Waals surface area (Å²) in [6.45, 7) is 5.02. The van der Waals surface area contributed by atoms with Crippen LogP contribution in [-0.4, -0.2) is 72.6 Å². The molecule has 11 heteroatoms. The van der Waals surface area contributed by atoms with Crippen molar-refractivity contribution in [1.29, 1.82) is 0 Å². The van der Waals surface area contributed by atoms with Crippen molar-refractivity contribution >= 4 is 51.0 Å². The van der Waals surface area contributed by atoms with Crippen molar-refractivity contribution in [3.8, 4) is 0 Å². The lowest BCUT2D eigenvalue weighted by Crippen LogP contribution is -2.36. The molecule has 0 saturated carbocycles. The fourth-order valence-corrected chi connectivity index (χ4v) is 5.53. The lowest BCUT2D eigenvalue weighted by molar-refractivity contribution is -0.115. The van der Waals surface area contributed by atoms with E-state index in [9.17, 15) is 18.0 Å². The molecule has 0 spiro atoms. The third-order valence-electron chi connectivity index (χ3n) is 5.81. The summed E-state index contributed by atoms with van der Waals surface area (Å²) in [5.74, 6) is -0.482. The maximum atomic E-state index is 13.3. The number of morpholine rings is 1. The average Bonchev–Trinajstić information content (AvgIpc) is 2.95. The van der Waals surface area contributed by atoms with Crippen LogP contribution in [0.3, 0.4) is 0 Å². The van der Waals surface area contributed by atoms with E-state index < -0.39 is 15.9 Å². The molecule has 39 heavy (non-hydrogen) atoms. The van der Waals surface area contributed by atoms with E-state index in [-0.39, 0.29) is 22.0 Å². The lowest BCUT2D eigenvalue weighted by Gasteiger charge is -2.28. The van der Waals surface area contributed by atoms with Crippen LogP contribution >= 0.6 is 11.6 Å². The number of benzene rings is 3. The highest BCUT2D eigenvalue weighted by molar-refractivity contribution is 7.92. The summed E-state index contributed by atoms with van der Waals surface area (Å²) >= 11 is 6.28. The first-order valence-corrected chi connectivity index (χ1v) is 14.2. The molecule has 4 rings (SSSR count). The standard InChI is InChI=1S/C25H26ClN3O4S.C3H7NO/c1-2-29(21-6-4-3-5-7-21)34(31,32)22-12-13-24(26)23(18-22)25(30)27-19-8-10-20(11-9-19)28-14-16-33-17-15-28;1-4(2)3-5/h3-13,18H,2,14-17H2,1H3,(H,27,30);3H,1-2H3. The highest BCUT2D eigenvalue weighted by Gasteiger charge is 2.25. The molecule has 208 valence electrons. The molecule has 1 N–H and O–H groups in total. The van der Waals surface area contributed by atoms with E-state index >= 15 is 0 Å². The summed E-state index contributed by atoms with van der Waals surface area (Å²) in [6.07, 6.45) is 0.750. The number of halogens is 1. The zero-order valence-corrected chi connectivity index (χ0v) is 23.8. The molecule has 1 heterocycles. The van der Waals surface area contributed by atoms with Crippen LogP contribution in [0.2, 0.25) is 5.02 Å². The predicted molar refractivity (Wildman–Crippen MR) is 155 cm³/mol. The summed E-state index contributed by atoms with van der Waals surface area (Å²) in [6, 6.07) is 20.5. The van der Waals surface area contributed by atoms with Crippen molar-refractivity contribution in [2.75, 3.05) is 61.5 Å². The van der Waals surface area contributed by atoms with Crippen molar-refractivity contribution < 1.29 is 22.7 Å². The first-order chi connectivity index (χ1) is 18.7. The van der Waals surface area contributed by atoms with E-state index in [1.54, 1.807) is 45.3 Å². The Kier molecular flexibility index (Phi) is 10.7. The summed E-state index contributed by atoms with van der Waals surface area (Å²) in [7, 11) is -0.514. The molecule has 1 fully saturated rings. The Morgan fingerprint density at radius 3 is 2.21 bits per heavy atom. The number of rotatable bonds is 8. The van der Waals surface area contributed by atoms with Crippen LogP contribution in [0.5, 0.6) is 0 Å². The van der Waals surface area contributed by atoms with Crippen LogP contribution in [-0.2, 0) is 19.6 Å². The Hall–Kier alpha value is -3.60. The van der Waals surface area contributed by atoms with Gasteiger partial charge in [0.2, 0.25) is 6.41 Å². The number of carbonyl (C=O) groups excluding carboxylic acids is 2. The van der Waals surface area contributed by atoms with E-state index in [0.717, 1.165) is 25.2 Å². The van der Waals surface area contributed by atoms with Gasteiger partial charge in [0.05, 0.1) is 34.4 Å². The van der Waals surface area contributed by atoms with Gasteiger partial charge in [-0.05, 0) is 61.5 Å². The lowest BCUT2D eigenvalue weighted by atomic mass is 10.2. The van der Waals surface area contributed by atoms with Crippen molar-refractivity contribution in [3.63, 3.8) is 0 Å². The van der Waals surface area contributed by atoms with Gasteiger partial charge in [0.15, 0.2) is 0 Å². The van der Waals surface area contributed by atoms with Gasteiger partial charge in [-0.1, -0.05) is 29.8 Å². The molecule has 0 atom stereocenters. The third-order valence-corrected chi connectivity index (χ3v) is 8.04. The topological polar surface area (TPSA) is 99.3 Å². The van der Waals surface area contributed by atoms with E-state index in [1.807, 2.05) is 30.3 Å². The maximum absolute atomic E-state index is 13.3. The minimum Gasteiger partial charge on any atom is -0.378 e. The second-order valence-corrected chi connectivity index (χ2v) is 11.1. The van der Waals surface area contributed by atoms with Crippen LogP contribution in [0.25, 0.3) is 0 Å². The first kappa shape index (κ1) is 29.9. The summed E-state index contributed by atoms with van der Waals surface area (Å²) < 4.78 is 33.3. The third kappa shape index (κ3) is 7.95. The van der Waals surface area contributed by atoms with Crippen molar-refractivity contribution in [2.45, 2.75) is 11.8 Å². The molecule has 1 aliphatic rings. The van der Waals surface area contributed by atoms with Gasteiger partial charge in [0.1, 0.15) is 0 Å². The van der Waals surface area contributed by atoms with Crippen LogP contribution in [0.4, 0.5) is 17.1 Å². The molecular weight excluding hydrogens is 540 g/mol. The van der Waals surface area contributed by atoms with Crippen molar-refractivity contribution in [3.05, 3.63) is 83.4 Å². The summed E-state index contributed by atoms with van der Waals surface area (Å²) in [5, 5.41) is 2.98. The quantitative estimate of drug-likeness (QED) is 0.403. The van der Waals surface area contributed by atoms with Crippen molar-refractivity contribution in [1.82, 2.24) is 4.90 Å². The molecular formula is C28H33ClN4O5S. The maximum Gasteiger partial charge on any atom is 0.264 e. The van der Waals surface area contributed by atoms with Gasteiger partial charge in [-0.15, -0.1) is 0 Å². The summed E-state index contributed by atoms with van der Waals surface area (Å²) in [5.41, 5.74) is 2.27. The van der Waals surface area contributed by atoms with Crippen LogP contribution < -0.4 is 14.5 Å². The van der Waals surface area contributed by atoms with Crippen molar-refractivity contribution in [2.24, 2.45) is 0 Å². The van der Waals surface area contributed by atoms with Gasteiger partial charge in [-0.2, -0.15) is 0 Å². The number of ether oxygens (including phenoxy) is 1. The van der Waals surface area contributed by atoms with Gasteiger partial charge < -0.3 is 19.9 Å². The second kappa shape index (κ2) is 14.0. The van der Waals surface area contributed by atoms with Gasteiger partial charge in [-0.25, -0.2) is 8.42 Å². The Morgan fingerprint density at radius 1 is 1.03 bits per heavy atom. The van der Waals surface area contributed by atoms with Gasteiger partial charge in [0, 0.05) is 45.1 Å². The average molecular weight is 573 g/mol. The largest absolute Gasteiger partial charge is 0.378 e. The normalized spacial score (nSPS) is 13.1. The molecule has 0 bridgehead atoms. The predicted octanol–water partition coefficient (Wildman–Crippen LogP) is 4.35. The molecule has 3 aromatic carbocycles. The molecule has 2 amide bonds. The first-order valence-electron chi connectivity index (χ1n) is 12.4. The number of carbonyl (C=O) groups is 2. The zero-order valence-electron chi connectivity index (χ0n) is 22.2.